The van der Waals surface area contributed by atoms with Crippen molar-refractivity contribution < 1.29 is 19.4 Å². The van der Waals surface area contributed by atoms with E-state index in [4.69, 9.17) is 4.74 Å². The Morgan fingerprint density at radius 3 is 2.95 bits per heavy atom. The molecular weight excluding hydrogens is 274 g/mol. The first-order valence-corrected chi connectivity index (χ1v) is 6.88. The number of ether oxygens (including phenoxy) is 1. The predicted octanol–water partition coefficient (Wildman–Crippen LogP) is 0.844. The lowest BCUT2D eigenvalue weighted by atomic mass is 9.92. The Bertz CT molecular complexity index is 591. The summed E-state index contributed by atoms with van der Waals surface area (Å²) in [5, 5.41) is 9.75. The van der Waals surface area contributed by atoms with E-state index >= 15 is 0 Å². The van der Waals surface area contributed by atoms with Crippen molar-refractivity contribution in [2.45, 2.75) is 18.4 Å². The van der Waals surface area contributed by atoms with Gasteiger partial charge in [0.1, 0.15) is 11.4 Å². The second-order valence-corrected chi connectivity index (χ2v) is 5.61. The van der Waals surface area contributed by atoms with Gasteiger partial charge in [0.15, 0.2) is 5.69 Å². The number of amides is 2. The van der Waals surface area contributed by atoms with E-state index in [0.29, 0.717) is 19.6 Å². The van der Waals surface area contributed by atoms with E-state index in [-0.39, 0.29) is 23.4 Å². The van der Waals surface area contributed by atoms with Gasteiger partial charge in [0.25, 0.3) is 5.91 Å². The monoisotopic (exact) mass is 291 g/mol. The van der Waals surface area contributed by atoms with Gasteiger partial charge in [0, 0.05) is 19.8 Å². The minimum absolute atomic E-state index is 0.0345. The number of pyridine rings is 1. The van der Waals surface area contributed by atoms with Gasteiger partial charge < -0.3 is 19.6 Å². The zero-order chi connectivity index (χ0) is 15.0. The van der Waals surface area contributed by atoms with E-state index in [1.807, 2.05) is 0 Å². The lowest BCUT2D eigenvalue weighted by Crippen LogP contribution is -2.52. The number of hydrogen-bond acceptors (Lipinski definition) is 5. The molecule has 0 aliphatic carbocycles. The largest absolute Gasteiger partial charge is 0.505 e. The second-order valence-electron chi connectivity index (χ2n) is 5.61. The summed E-state index contributed by atoms with van der Waals surface area (Å²) in [7, 11) is 1.68. The van der Waals surface area contributed by atoms with Crippen LogP contribution in [0.4, 0.5) is 4.79 Å². The molecule has 0 aromatic carbocycles. The smallest absolute Gasteiger partial charge is 0.410 e. The molecule has 3 heterocycles. The van der Waals surface area contributed by atoms with Crippen LogP contribution >= 0.6 is 0 Å². The molecular formula is C14H17N3O4. The van der Waals surface area contributed by atoms with Crippen LogP contribution in [0.2, 0.25) is 0 Å². The van der Waals surface area contributed by atoms with Gasteiger partial charge in [-0.1, -0.05) is 0 Å². The number of aromatic nitrogens is 1. The minimum atomic E-state index is -0.635. The summed E-state index contributed by atoms with van der Waals surface area (Å²) in [4.78, 5) is 31.1. The fraction of sp³-hybridized carbons (Fsp3) is 0.500. The van der Waals surface area contributed by atoms with Crippen LogP contribution in [-0.4, -0.2) is 64.2 Å². The molecule has 112 valence electrons. The van der Waals surface area contributed by atoms with Gasteiger partial charge >= 0.3 is 6.09 Å². The topological polar surface area (TPSA) is 83.0 Å². The van der Waals surface area contributed by atoms with E-state index in [9.17, 15) is 14.7 Å². The first kappa shape index (κ1) is 13.7. The molecule has 0 saturated carbocycles. The maximum absolute atomic E-state index is 12.5. The summed E-state index contributed by atoms with van der Waals surface area (Å²) in [6.07, 6.45) is 2.60. The fourth-order valence-corrected chi connectivity index (χ4v) is 2.99. The van der Waals surface area contributed by atoms with Crippen molar-refractivity contribution in [3.8, 4) is 5.75 Å². The van der Waals surface area contributed by atoms with Crippen LogP contribution in [0.3, 0.4) is 0 Å². The molecule has 21 heavy (non-hydrogen) atoms. The molecule has 2 fully saturated rings. The van der Waals surface area contributed by atoms with Gasteiger partial charge in [0.2, 0.25) is 0 Å². The zero-order valence-electron chi connectivity index (χ0n) is 11.8. The van der Waals surface area contributed by atoms with Crippen LogP contribution in [0, 0.1) is 0 Å². The Morgan fingerprint density at radius 2 is 2.29 bits per heavy atom. The number of carbonyl (C=O) groups is 2. The van der Waals surface area contributed by atoms with E-state index in [1.54, 1.807) is 18.0 Å². The number of likely N-dealkylation sites (N-methyl/N-ethyl adjacent to an activating group) is 1. The van der Waals surface area contributed by atoms with Crippen molar-refractivity contribution in [3.63, 3.8) is 0 Å². The summed E-state index contributed by atoms with van der Waals surface area (Å²) >= 11 is 0. The van der Waals surface area contributed by atoms with Crippen LogP contribution in [0.5, 0.6) is 5.75 Å². The summed E-state index contributed by atoms with van der Waals surface area (Å²) in [5.41, 5.74) is -0.600. The van der Waals surface area contributed by atoms with Crippen molar-refractivity contribution in [2.24, 2.45) is 0 Å². The quantitative estimate of drug-likeness (QED) is 0.829. The third kappa shape index (κ3) is 2.39. The van der Waals surface area contributed by atoms with Crippen LogP contribution < -0.4 is 0 Å². The molecule has 1 aromatic rings. The molecule has 0 bridgehead atoms. The fourth-order valence-electron chi connectivity index (χ4n) is 2.99. The van der Waals surface area contributed by atoms with Crippen molar-refractivity contribution in [1.82, 2.24) is 14.8 Å². The van der Waals surface area contributed by atoms with Gasteiger partial charge in [-0.25, -0.2) is 9.78 Å². The summed E-state index contributed by atoms with van der Waals surface area (Å²) in [5.74, 6) is -0.472. The van der Waals surface area contributed by atoms with Gasteiger partial charge in [-0.3, -0.25) is 4.79 Å². The summed E-state index contributed by atoms with van der Waals surface area (Å²) in [6.45, 7) is 1.37. The van der Waals surface area contributed by atoms with Crippen molar-refractivity contribution in [2.75, 3.05) is 26.7 Å². The third-order valence-electron chi connectivity index (χ3n) is 3.96. The molecule has 2 amide bonds. The minimum Gasteiger partial charge on any atom is -0.505 e. The molecule has 7 heteroatoms. The highest BCUT2D eigenvalue weighted by Crippen LogP contribution is 2.32. The maximum Gasteiger partial charge on any atom is 0.410 e. The van der Waals surface area contributed by atoms with Crippen molar-refractivity contribution in [3.05, 3.63) is 24.0 Å². The first-order valence-electron chi connectivity index (χ1n) is 6.88. The van der Waals surface area contributed by atoms with Crippen LogP contribution in [0.25, 0.3) is 0 Å². The summed E-state index contributed by atoms with van der Waals surface area (Å²) < 4.78 is 5.46. The van der Waals surface area contributed by atoms with Gasteiger partial charge in [-0.05, 0) is 25.0 Å². The molecule has 2 aliphatic heterocycles. The molecule has 0 radical (unpaired) electrons. The normalized spacial score (nSPS) is 25.3. The number of hydrogen-bond donors (Lipinski definition) is 1. The molecule has 1 spiro atoms. The lowest BCUT2D eigenvalue weighted by Gasteiger charge is -2.38. The highest BCUT2D eigenvalue weighted by molar-refractivity contribution is 5.95. The Balaban J connectivity index is 1.79. The molecule has 1 aromatic heterocycles. The van der Waals surface area contributed by atoms with Crippen molar-refractivity contribution >= 4 is 12.0 Å². The van der Waals surface area contributed by atoms with Gasteiger partial charge in [-0.15, -0.1) is 0 Å². The van der Waals surface area contributed by atoms with Crippen LogP contribution in [0.15, 0.2) is 18.3 Å². The number of rotatable bonds is 1. The number of piperidine rings is 1. The highest BCUT2D eigenvalue weighted by atomic mass is 16.6. The standard InChI is InChI=1S/C14H17N3O4/c1-16-8-14(21-13(16)20)5-3-7-17(9-14)12(19)11-10(18)4-2-6-15-11/h2,4,6,18H,3,5,7-9H2,1H3. The predicted molar refractivity (Wildman–Crippen MR) is 72.9 cm³/mol. The summed E-state index contributed by atoms with van der Waals surface area (Å²) in [6, 6.07) is 3.00. The number of aromatic hydroxyl groups is 1. The average molecular weight is 291 g/mol. The molecule has 1 atom stereocenters. The van der Waals surface area contributed by atoms with Gasteiger partial charge in [0.05, 0.1) is 13.1 Å². The lowest BCUT2D eigenvalue weighted by molar-refractivity contribution is -0.00552. The van der Waals surface area contributed by atoms with Crippen LogP contribution in [-0.2, 0) is 4.74 Å². The zero-order valence-corrected chi connectivity index (χ0v) is 11.8. The molecule has 3 rings (SSSR count). The third-order valence-corrected chi connectivity index (χ3v) is 3.96. The maximum atomic E-state index is 12.5. The number of carbonyl (C=O) groups excluding carboxylic acids is 2. The van der Waals surface area contributed by atoms with Crippen molar-refractivity contribution in [1.29, 1.82) is 0 Å². The Hall–Kier alpha value is -2.31. The SMILES string of the molecule is CN1CC2(CCCN(C(=O)c3ncccc3O)C2)OC1=O. The highest BCUT2D eigenvalue weighted by Gasteiger charge is 2.47. The van der Waals surface area contributed by atoms with E-state index in [2.05, 4.69) is 4.98 Å². The molecule has 1 N–H and O–H groups in total. The second kappa shape index (κ2) is 4.91. The van der Waals surface area contributed by atoms with E-state index < -0.39 is 5.60 Å². The number of likely N-dealkylation sites (tertiary alicyclic amines) is 1. The first-order chi connectivity index (χ1) is 10.0. The Morgan fingerprint density at radius 1 is 1.48 bits per heavy atom. The molecule has 7 nitrogen and oxygen atoms in total. The average Bonchev–Trinajstić information content (AvgIpc) is 2.73. The van der Waals surface area contributed by atoms with Gasteiger partial charge in [-0.2, -0.15) is 0 Å². The molecule has 1 unspecified atom stereocenters. The van der Waals surface area contributed by atoms with Crippen LogP contribution in [0.1, 0.15) is 23.3 Å². The molecule has 2 aliphatic rings. The van der Waals surface area contributed by atoms with E-state index in [1.165, 1.54) is 17.2 Å². The van der Waals surface area contributed by atoms with E-state index in [0.717, 1.165) is 12.8 Å². The number of nitrogens with zero attached hydrogens (tertiary/aromatic N) is 3. The Labute approximate surface area is 122 Å². The molecule has 2 saturated heterocycles. The Kier molecular flexibility index (Phi) is 3.19.